The predicted octanol–water partition coefficient (Wildman–Crippen LogP) is 1.91. The number of hydrogen-bond donors (Lipinski definition) is 1. The molecule has 1 N–H and O–H groups in total. The van der Waals surface area contributed by atoms with Gasteiger partial charge in [0.25, 0.3) is 0 Å². The van der Waals surface area contributed by atoms with E-state index in [0.717, 1.165) is 0 Å². The largest absolute Gasteiger partial charge is 0.462 e. The number of rotatable bonds is 5. The minimum atomic E-state index is -1.47. The number of epoxide rings is 2. The van der Waals surface area contributed by atoms with Gasteiger partial charge in [0.15, 0.2) is 17.3 Å². The molecule has 0 aromatic rings. The molecule has 5 rings (SSSR count). The van der Waals surface area contributed by atoms with E-state index in [1.807, 2.05) is 13.8 Å². The van der Waals surface area contributed by atoms with Gasteiger partial charge in [-0.2, -0.15) is 0 Å². The molecule has 1 spiro atoms. The van der Waals surface area contributed by atoms with Gasteiger partial charge in [0.2, 0.25) is 0 Å². The fraction of sp³-hybridized carbons (Fsp3) is 0.786. The maximum absolute atomic E-state index is 13.0. The van der Waals surface area contributed by atoms with E-state index in [4.69, 9.17) is 28.4 Å². The summed E-state index contributed by atoms with van der Waals surface area (Å²) in [5, 5.41) is 12.3. The van der Waals surface area contributed by atoms with E-state index in [-0.39, 0.29) is 18.9 Å². The van der Waals surface area contributed by atoms with Crippen molar-refractivity contribution >= 4 is 23.9 Å². The molecule has 1 unspecified atom stereocenters. The first-order valence-electron chi connectivity index (χ1n) is 13.6. The Balaban J connectivity index is 1.72. The lowest BCUT2D eigenvalue weighted by Crippen LogP contribution is -2.66. The number of fused-ring (bicyclic) bond motifs is 3. The van der Waals surface area contributed by atoms with Gasteiger partial charge >= 0.3 is 23.9 Å². The summed E-state index contributed by atoms with van der Waals surface area (Å²) in [7, 11) is 0. The summed E-state index contributed by atoms with van der Waals surface area (Å²) >= 11 is 0. The summed E-state index contributed by atoms with van der Waals surface area (Å²) in [4.78, 5) is 50.5. The molecule has 0 bridgehead atoms. The molecule has 11 nitrogen and oxygen atoms in total. The third-order valence-corrected chi connectivity index (χ3v) is 9.65. The van der Waals surface area contributed by atoms with E-state index >= 15 is 0 Å². The molecule has 5 aliphatic rings. The van der Waals surface area contributed by atoms with E-state index in [0.29, 0.717) is 18.4 Å². The zero-order valence-electron chi connectivity index (χ0n) is 23.5. The summed E-state index contributed by atoms with van der Waals surface area (Å²) in [6.45, 7) is 11.4. The number of esters is 4. The summed E-state index contributed by atoms with van der Waals surface area (Å²) in [6, 6.07) is 0. The molecule has 0 amide bonds. The standard InChI is InChI=1S/C28H38O11/c1-8-9-21(31)36-17-11-16(34-14(3)29)13(2)10-20-28(27(7,39-28)24(33)37-20)23(32)22-25(17,5)18(35-15(4)30)12-19-26(22,6)38-19/h10,16-20,22-23,32H,8-9,11-12H2,1-7H3/b13-10-/t16?,17-,18-,19-,20-,22+,23-,25-,26-,27-,28-/m0/s1. The minimum Gasteiger partial charge on any atom is -0.462 e. The Morgan fingerprint density at radius 1 is 1.05 bits per heavy atom. The van der Waals surface area contributed by atoms with E-state index in [2.05, 4.69) is 0 Å². The van der Waals surface area contributed by atoms with Crippen LogP contribution in [0.15, 0.2) is 11.6 Å². The van der Waals surface area contributed by atoms with Crippen molar-refractivity contribution in [2.24, 2.45) is 11.3 Å². The third-order valence-electron chi connectivity index (χ3n) is 9.65. The van der Waals surface area contributed by atoms with Crippen LogP contribution in [0.4, 0.5) is 0 Å². The Morgan fingerprint density at radius 2 is 1.69 bits per heavy atom. The number of ether oxygens (including phenoxy) is 6. The van der Waals surface area contributed by atoms with Gasteiger partial charge in [0.05, 0.1) is 23.2 Å². The highest BCUT2D eigenvalue weighted by atomic mass is 16.7. The van der Waals surface area contributed by atoms with Gasteiger partial charge in [-0.25, -0.2) is 4.79 Å². The molecule has 216 valence electrons. The van der Waals surface area contributed by atoms with Crippen LogP contribution in [0.25, 0.3) is 0 Å². The van der Waals surface area contributed by atoms with E-state index in [1.165, 1.54) is 13.8 Å². The molecule has 3 saturated heterocycles. The first-order chi connectivity index (χ1) is 18.1. The van der Waals surface area contributed by atoms with Crippen molar-refractivity contribution in [3.8, 4) is 0 Å². The number of carbonyl (C=O) groups excluding carboxylic acids is 4. The number of carbonyl (C=O) groups is 4. The van der Waals surface area contributed by atoms with Gasteiger partial charge < -0.3 is 33.5 Å². The molecule has 0 aromatic carbocycles. The molecule has 11 heteroatoms. The summed E-state index contributed by atoms with van der Waals surface area (Å²) in [6.07, 6.45) is -2.62. The van der Waals surface area contributed by atoms with Crippen molar-refractivity contribution in [2.45, 2.75) is 128 Å². The SMILES string of the molecule is CCCC(=O)O[C@H]1CC(OC(C)=O)/C(C)=C\[C@@H]2OC(=O)[C@]3(C)O[C@]23[C@@H](O)[C@H]2[C@@]3(C)O[C@H]3C[C@H](OC(C)=O)[C@]12C. The second-order valence-electron chi connectivity index (χ2n) is 12.1. The molecule has 39 heavy (non-hydrogen) atoms. The van der Waals surface area contributed by atoms with Gasteiger partial charge in [-0.15, -0.1) is 0 Å². The van der Waals surface area contributed by atoms with Crippen molar-refractivity contribution in [3.05, 3.63) is 11.6 Å². The van der Waals surface area contributed by atoms with E-state index in [9.17, 15) is 24.3 Å². The van der Waals surface area contributed by atoms with E-state index < -0.39 is 82.5 Å². The molecular formula is C28H38O11. The minimum absolute atomic E-state index is 0.0292. The van der Waals surface area contributed by atoms with Gasteiger partial charge in [0, 0.05) is 39.0 Å². The number of hydrogen-bond acceptors (Lipinski definition) is 11. The van der Waals surface area contributed by atoms with Crippen LogP contribution >= 0.6 is 0 Å². The second-order valence-corrected chi connectivity index (χ2v) is 12.1. The molecule has 0 aromatic heterocycles. The zero-order chi connectivity index (χ0) is 28.7. The first-order valence-corrected chi connectivity index (χ1v) is 13.6. The molecule has 4 fully saturated rings. The normalized spacial score (nSPS) is 49.0. The van der Waals surface area contributed by atoms with Crippen molar-refractivity contribution < 1.29 is 52.7 Å². The molecular weight excluding hydrogens is 512 g/mol. The van der Waals surface area contributed by atoms with Crippen LogP contribution < -0.4 is 0 Å². The maximum atomic E-state index is 13.0. The molecule has 2 aliphatic carbocycles. The summed E-state index contributed by atoms with van der Waals surface area (Å²) < 4.78 is 35.6. The van der Waals surface area contributed by atoms with Crippen molar-refractivity contribution in [2.75, 3.05) is 0 Å². The highest BCUT2D eigenvalue weighted by Crippen LogP contribution is 2.69. The van der Waals surface area contributed by atoms with Crippen LogP contribution in [-0.2, 0) is 47.6 Å². The Kier molecular flexibility index (Phi) is 6.48. The highest BCUT2D eigenvalue weighted by Gasteiger charge is 2.88. The smallest absolute Gasteiger partial charge is 0.342 e. The van der Waals surface area contributed by atoms with Crippen LogP contribution in [0, 0.1) is 11.3 Å². The number of aliphatic hydroxyl groups excluding tert-OH is 1. The van der Waals surface area contributed by atoms with Crippen LogP contribution in [0.1, 0.15) is 74.1 Å². The Hall–Kier alpha value is -2.50. The lowest BCUT2D eigenvalue weighted by atomic mass is 9.53. The summed E-state index contributed by atoms with van der Waals surface area (Å²) in [5.74, 6) is -2.99. The van der Waals surface area contributed by atoms with Crippen molar-refractivity contribution in [1.82, 2.24) is 0 Å². The van der Waals surface area contributed by atoms with Crippen LogP contribution in [0.3, 0.4) is 0 Å². The predicted molar refractivity (Wildman–Crippen MR) is 132 cm³/mol. The van der Waals surface area contributed by atoms with Crippen LogP contribution in [-0.4, -0.2) is 82.4 Å². The molecule has 3 aliphatic heterocycles. The highest BCUT2D eigenvalue weighted by molar-refractivity contribution is 5.89. The molecule has 11 atom stereocenters. The van der Waals surface area contributed by atoms with Gasteiger partial charge in [-0.1, -0.05) is 13.8 Å². The summed E-state index contributed by atoms with van der Waals surface area (Å²) in [5.41, 5.74) is -4.48. The Morgan fingerprint density at radius 3 is 2.28 bits per heavy atom. The fourth-order valence-corrected chi connectivity index (χ4v) is 7.52. The average molecular weight is 551 g/mol. The second kappa shape index (κ2) is 9.01. The van der Waals surface area contributed by atoms with Gasteiger partial charge in [0.1, 0.15) is 18.3 Å². The lowest BCUT2D eigenvalue weighted by molar-refractivity contribution is -0.209. The molecule has 0 radical (unpaired) electrons. The molecule has 1 saturated carbocycles. The van der Waals surface area contributed by atoms with E-state index in [1.54, 1.807) is 26.8 Å². The van der Waals surface area contributed by atoms with Crippen LogP contribution in [0.5, 0.6) is 0 Å². The Labute approximate surface area is 227 Å². The quantitative estimate of drug-likeness (QED) is 0.231. The topological polar surface area (TPSA) is 150 Å². The Bertz CT molecular complexity index is 1130. The first kappa shape index (κ1) is 28.0. The molecule has 3 heterocycles. The lowest BCUT2D eigenvalue weighted by Gasteiger charge is -2.53. The maximum Gasteiger partial charge on any atom is 0.342 e. The average Bonchev–Trinajstić information content (AvgIpc) is 3.66. The number of aliphatic hydroxyl groups is 1. The zero-order valence-corrected chi connectivity index (χ0v) is 23.5. The van der Waals surface area contributed by atoms with Gasteiger partial charge in [-0.05, 0) is 38.8 Å². The third kappa shape index (κ3) is 3.94. The van der Waals surface area contributed by atoms with Crippen molar-refractivity contribution in [1.29, 1.82) is 0 Å². The fourth-order valence-electron chi connectivity index (χ4n) is 7.52. The van der Waals surface area contributed by atoms with Crippen LogP contribution in [0.2, 0.25) is 0 Å². The van der Waals surface area contributed by atoms with Gasteiger partial charge in [-0.3, -0.25) is 14.4 Å². The van der Waals surface area contributed by atoms with Crippen molar-refractivity contribution in [3.63, 3.8) is 0 Å². The monoisotopic (exact) mass is 550 g/mol.